The number of piperidine rings is 1. The molecule has 38 heavy (non-hydrogen) atoms. The predicted molar refractivity (Wildman–Crippen MR) is 148 cm³/mol. The number of alkyl halides is 1. The van der Waals surface area contributed by atoms with Gasteiger partial charge in [-0.2, -0.15) is 0 Å². The van der Waals surface area contributed by atoms with Crippen molar-refractivity contribution in [2.24, 2.45) is 17.8 Å². The number of carbonyl (C=O) groups is 1. The van der Waals surface area contributed by atoms with Crippen LogP contribution in [0, 0.1) is 17.8 Å². The molecule has 202 valence electrons. The SMILES string of the molecule is COc1ccc(N2CCC(C(=O)N3CC(C4=CCC(Cl)C=C4)C(C(C)Oc4ccc(Cl)cn4)C3)CC2)nn1. The first-order valence-electron chi connectivity index (χ1n) is 13.1. The number of hydrogen-bond acceptors (Lipinski definition) is 7. The molecule has 2 saturated heterocycles. The molecule has 2 fully saturated rings. The van der Waals surface area contributed by atoms with Gasteiger partial charge in [-0.3, -0.25) is 4.79 Å². The predicted octanol–water partition coefficient (Wildman–Crippen LogP) is 4.79. The van der Waals surface area contributed by atoms with Gasteiger partial charge in [-0.15, -0.1) is 21.8 Å². The number of allylic oxidation sites excluding steroid dienone is 3. The van der Waals surface area contributed by atoms with Gasteiger partial charge in [0.15, 0.2) is 5.82 Å². The largest absolute Gasteiger partial charge is 0.480 e. The number of hydrogen-bond donors (Lipinski definition) is 0. The van der Waals surface area contributed by atoms with Gasteiger partial charge in [0.2, 0.25) is 17.7 Å². The summed E-state index contributed by atoms with van der Waals surface area (Å²) >= 11 is 12.3. The van der Waals surface area contributed by atoms with E-state index in [2.05, 4.69) is 39.2 Å². The van der Waals surface area contributed by atoms with Gasteiger partial charge in [0.25, 0.3) is 0 Å². The van der Waals surface area contributed by atoms with Crippen LogP contribution in [0.25, 0.3) is 0 Å². The Hall–Kier alpha value is -2.84. The molecule has 0 bridgehead atoms. The lowest BCUT2D eigenvalue weighted by Gasteiger charge is -2.33. The molecule has 8 nitrogen and oxygen atoms in total. The summed E-state index contributed by atoms with van der Waals surface area (Å²) in [7, 11) is 1.57. The first kappa shape index (κ1) is 26.8. The highest BCUT2D eigenvalue weighted by atomic mass is 35.5. The van der Waals surface area contributed by atoms with E-state index in [1.807, 2.05) is 23.1 Å². The normalized spacial score (nSPS) is 24.7. The van der Waals surface area contributed by atoms with Crippen LogP contribution in [-0.4, -0.2) is 70.8 Å². The molecule has 0 aromatic carbocycles. The number of likely N-dealkylation sites (tertiary alicyclic amines) is 1. The van der Waals surface area contributed by atoms with Gasteiger partial charge < -0.3 is 19.3 Å². The van der Waals surface area contributed by atoms with E-state index in [-0.39, 0.29) is 35.1 Å². The first-order valence-corrected chi connectivity index (χ1v) is 13.9. The number of carbonyl (C=O) groups excluding carboxylic acids is 1. The number of halogens is 2. The molecule has 10 heteroatoms. The third-order valence-corrected chi connectivity index (χ3v) is 8.34. The summed E-state index contributed by atoms with van der Waals surface area (Å²) in [5.74, 6) is 2.37. The van der Waals surface area contributed by atoms with E-state index < -0.39 is 0 Å². The maximum Gasteiger partial charge on any atom is 0.233 e. The quantitative estimate of drug-likeness (QED) is 0.453. The molecule has 3 aliphatic rings. The molecule has 2 aromatic rings. The second kappa shape index (κ2) is 11.9. The minimum absolute atomic E-state index is 0.00545. The van der Waals surface area contributed by atoms with Crippen LogP contribution in [0.1, 0.15) is 26.2 Å². The summed E-state index contributed by atoms with van der Waals surface area (Å²) in [6.07, 6.45) is 10.2. The molecule has 2 aliphatic heterocycles. The van der Waals surface area contributed by atoms with Crippen LogP contribution in [0.3, 0.4) is 0 Å². The zero-order chi connectivity index (χ0) is 26.6. The Morgan fingerprint density at radius 1 is 1.11 bits per heavy atom. The van der Waals surface area contributed by atoms with E-state index in [0.717, 1.165) is 38.2 Å². The highest BCUT2D eigenvalue weighted by molar-refractivity contribution is 6.30. The Morgan fingerprint density at radius 2 is 1.89 bits per heavy atom. The summed E-state index contributed by atoms with van der Waals surface area (Å²) in [6.45, 7) is 4.93. The van der Waals surface area contributed by atoms with Crippen molar-refractivity contribution in [3.63, 3.8) is 0 Å². The fraction of sp³-hybridized carbons (Fsp3) is 0.500. The molecule has 0 N–H and O–H groups in total. The van der Waals surface area contributed by atoms with Crippen molar-refractivity contribution in [3.05, 3.63) is 59.3 Å². The number of aromatic nitrogens is 3. The maximum absolute atomic E-state index is 13.7. The molecule has 4 heterocycles. The lowest BCUT2D eigenvalue weighted by molar-refractivity contribution is -0.135. The Labute approximate surface area is 233 Å². The smallest absolute Gasteiger partial charge is 0.233 e. The van der Waals surface area contributed by atoms with Crippen LogP contribution >= 0.6 is 23.2 Å². The van der Waals surface area contributed by atoms with E-state index in [1.54, 1.807) is 25.4 Å². The van der Waals surface area contributed by atoms with Gasteiger partial charge in [0, 0.05) is 62.3 Å². The second-order valence-corrected chi connectivity index (χ2v) is 11.2. The van der Waals surface area contributed by atoms with Crippen molar-refractivity contribution in [1.82, 2.24) is 20.1 Å². The summed E-state index contributed by atoms with van der Waals surface area (Å²) in [4.78, 5) is 22.2. The highest BCUT2D eigenvalue weighted by Crippen LogP contribution is 2.37. The van der Waals surface area contributed by atoms with E-state index in [9.17, 15) is 4.79 Å². The molecule has 2 aromatic heterocycles. The lowest BCUT2D eigenvalue weighted by Crippen LogP contribution is -2.42. The zero-order valence-corrected chi connectivity index (χ0v) is 23.2. The highest BCUT2D eigenvalue weighted by Gasteiger charge is 2.42. The lowest BCUT2D eigenvalue weighted by atomic mass is 9.83. The molecular weight excluding hydrogens is 525 g/mol. The minimum atomic E-state index is -0.134. The molecule has 4 unspecified atom stereocenters. The van der Waals surface area contributed by atoms with Crippen molar-refractivity contribution in [1.29, 1.82) is 0 Å². The van der Waals surface area contributed by atoms with Gasteiger partial charge in [-0.1, -0.05) is 29.8 Å². The van der Waals surface area contributed by atoms with Crippen LogP contribution < -0.4 is 14.4 Å². The topological polar surface area (TPSA) is 80.7 Å². The fourth-order valence-electron chi connectivity index (χ4n) is 5.64. The molecular formula is C28H33Cl2N5O3. The van der Waals surface area contributed by atoms with Crippen LogP contribution in [0.2, 0.25) is 5.02 Å². The molecule has 1 amide bonds. The third kappa shape index (κ3) is 6.07. The summed E-state index contributed by atoms with van der Waals surface area (Å²) in [5.41, 5.74) is 1.23. The minimum Gasteiger partial charge on any atom is -0.480 e. The number of amides is 1. The maximum atomic E-state index is 13.7. The molecule has 0 spiro atoms. The molecule has 0 saturated carbocycles. The van der Waals surface area contributed by atoms with E-state index >= 15 is 0 Å². The van der Waals surface area contributed by atoms with Crippen molar-refractivity contribution < 1.29 is 14.3 Å². The van der Waals surface area contributed by atoms with Crippen molar-refractivity contribution in [3.8, 4) is 11.8 Å². The van der Waals surface area contributed by atoms with Crippen molar-refractivity contribution in [2.75, 3.05) is 38.2 Å². The molecule has 5 rings (SSSR count). The summed E-state index contributed by atoms with van der Waals surface area (Å²) < 4.78 is 11.3. The standard InChI is InChI=1S/C28H33Cl2N5O3/c1-18(38-26-9-7-22(30)15-31-26)23-16-35(17-24(23)19-3-5-21(29)6-4-19)28(36)20-11-13-34(14-12-20)25-8-10-27(37-2)33-32-25/h3-5,7-10,15,18,20-21,23-24H,6,11-14,16-17H2,1-2H3. The monoisotopic (exact) mass is 557 g/mol. The fourth-order valence-corrected chi connectivity index (χ4v) is 5.91. The summed E-state index contributed by atoms with van der Waals surface area (Å²) in [6, 6.07) is 7.28. The molecule has 1 aliphatic carbocycles. The Kier molecular flexibility index (Phi) is 8.39. The second-order valence-electron chi connectivity index (χ2n) is 10.2. The molecule has 0 radical (unpaired) electrons. The average Bonchev–Trinajstić information content (AvgIpc) is 3.40. The first-order chi connectivity index (χ1) is 18.4. The number of anilines is 1. The van der Waals surface area contributed by atoms with Gasteiger partial charge >= 0.3 is 0 Å². The Bertz CT molecular complexity index is 1170. The van der Waals surface area contributed by atoms with Crippen LogP contribution in [0.5, 0.6) is 11.8 Å². The number of nitrogens with zero attached hydrogens (tertiary/aromatic N) is 5. The van der Waals surface area contributed by atoms with Crippen LogP contribution in [0.15, 0.2) is 54.3 Å². The van der Waals surface area contributed by atoms with E-state index in [4.69, 9.17) is 32.7 Å². The van der Waals surface area contributed by atoms with Gasteiger partial charge in [-0.25, -0.2) is 4.98 Å². The number of ether oxygens (including phenoxy) is 2. The van der Waals surface area contributed by atoms with Crippen molar-refractivity contribution >= 4 is 34.9 Å². The van der Waals surface area contributed by atoms with Crippen LogP contribution in [-0.2, 0) is 4.79 Å². The van der Waals surface area contributed by atoms with Crippen LogP contribution in [0.4, 0.5) is 5.82 Å². The molecule has 4 atom stereocenters. The van der Waals surface area contributed by atoms with Gasteiger partial charge in [0.1, 0.15) is 6.10 Å². The van der Waals surface area contributed by atoms with E-state index in [1.165, 1.54) is 5.57 Å². The van der Waals surface area contributed by atoms with Crippen molar-refractivity contribution in [2.45, 2.75) is 37.7 Å². The average molecular weight is 559 g/mol. The third-order valence-electron chi connectivity index (χ3n) is 7.79. The number of rotatable bonds is 7. The Morgan fingerprint density at radius 3 is 2.53 bits per heavy atom. The van der Waals surface area contributed by atoms with E-state index in [0.29, 0.717) is 29.9 Å². The van der Waals surface area contributed by atoms with Gasteiger partial charge in [-0.05, 0) is 43.9 Å². The number of pyridine rings is 1. The zero-order valence-electron chi connectivity index (χ0n) is 21.7. The Balaban J connectivity index is 1.25. The van der Waals surface area contributed by atoms with Gasteiger partial charge in [0.05, 0.1) is 17.5 Å². The number of methoxy groups -OCH3 is 1. The summed E-state index contributed by atoms with van der Waals surface area (Å²) in [5, 5.41) is 8.92.